The van der Waals surface area contributed by atoms with Crippen LogP contribution in [0.2, 0.25) is 0 Å². The van der Waals surface area contributed by atoms with Gasteiger partial charge in [0, 0.05) is 6.07 Å². The van der Waals surface area contributed by atoms with Crippen LogP contribution in [0.4, 0.5) is 11.4 Å². The van der Waals surface area contributed by atoms with Gasteiger partial charge in [-0.1, -0.05) is 6.42 Å². The molecular weight excluding hydrogens is 308 g/mol. The van der Waals surface area contributed by atoms with Gasteiger partial charge in [-0.05, 0) is 38.7 Å². The van der Waals surface area contributed by atoms with Crippen molar-refractivity contribution in [3.63, 3.8) is 0 Å². The minimum atomic E-state index is -3.47. The third-order valence-corrected chi connectivity index (χ3v) is 4.96. The van der Waals surface area contributed by atoms with Crippen LogP contribution in [0, 0.1) is 10.1 Å². The van der Waals surface area contributed by atoms with Gasteiger partial charge in [-0.3, -0.25) is 14.8 Å². The van der Waals surface area contributed by atoms with E-state index >= 15 is 0 Å². The lowest BCUT2D eigenvalue weighted by Gasteiger charge is -2.24. The number of nitro benzene ring substituents is 1. The summed E-state index contributed by atoms with van der Waals surface area (Å²) in [5.74, 6) is 0.144. The van der Waals surface area contributed by atoms with Crippen molar-refractivity contribution < 1.29 is 18.1 Å². The molecule has 8 heteroatoms. The summed E-state index contributed by atoms with van der Waals surface area (Å²) in [7, 11) is -3.47. The van der Waals surface area contributed by atoms with Gasteiger partial charge in [0.25, 0.3) is 5.69 Å². The number of nitro groups is 1. The quantitative estimate of drug-likeness (QED) is 0.639. The van der Waals surface area contributed by atoms with Gasteiger partial charge in [-0.25, -0.2) is 8.42 Å². The van der Waals surface area contributed by atoms with Crippen LogP contribution in [-0.4, -0.2) is 25.2 Å². The van der Waals surface area contributed by atoms with E-state index in [1.165, 1.54) is 25.1 Å². The van der Waals surface area contributed by atoms with E-state index in [0.717, 1.165) is 32.1 Å². The van der Waals surface area contributed by atoms with Gasteiger partial charge in [0.1, 0.15) is 0 Å². The molecular formula is C14H20N2O5S. The molecule has 0 aromatic heterocycles. The fraction of sp³-hybridized carbons (Fsp3) is 0.571. The maximum atomic E-state index is 11.7. The standard InChI is InChI=1S/C14H20N2O5S/c1-2-22(19,20)15-13-9-8-11(16(17)18)10-14(13)21-12-6-4-3-5-7-12/h8-10,12,15H,2-7H2,1H3. The zero-order valence-corrected chi connectivity index (χ0v) is 13.3. The number of hydrogen-bond donors (Lipinski definition) is 1. The Morgan fingerprint density at radius 2 is 2.00 bits per heavy atom. The maximum Gasteiger partial charge on any atom is 0.273 e. The fourth-order valence-electron chi connectivity index (χ4n) is 2.41. The van der Waals surface area contributed by atoms with Crippen molar-refractivity contribution in [2.24, 2.45) is 0 Å². The molecule has 0 radical (unpaired) electrons. The van der Waals surface area contributed by atoms with Crippen LogP contribution in [0.15, 0.2) is 18.2 Å². The average molecular weight is 328 g/mol. The third-order valence-electron chi connectivity index (χ3n) is 3.67. The lowest BCUT2D eigenvalue weighted by Crippen LogP contribution is -2.21. The Labute approximate surface area is 129 Å². The number of non-ortho nitro benzene ring substituents is 1. The second kappa shape index (κ2) is 6.95. The molecule has 2 rings (SSSR count). The highest BCUT2D eigenvalue weighted by molar-refractivity contribution is 7.92. The van der Waals surface area contributed by atoms with Crippen LogP contribution >= 0.6 is 0 Å². The van der Waals surface area contributed by atoms with Gasteiger partial charge in [0.15, 0.2) is 5.75 Å². The molecule has 7 nitrogen and oxygen atoms in total. The van der Waals surface area contributed by atoms with Crippen LogP contribution < -0.4 is 9.46 Å². The Kier molecular flexibility index (Phi) is 5.23. The summed E-state index contributed by atoms with van der Waals surface area (Å²) >= 11 is 0. The highest BCUT2D eigenvalue weighted by Crippen LogP contribution is 2.33. The molecule has 0 unspecified atom stereocenters. The Morgan fingerprint density at radius 1 is 1.32 bits per heavy atom. The van der Waals surface area contributed by atoms with E-state index in [9.17, 15) is 18.5 Å². The first kappa shape index (κ1) is 16.5. The highest BCUT2D eigenvalue weighted by Gasteiger charge is 2.20. The number of rotatable bonds is 6. The zero-order chi connectivity index (χ0) is 16.2. The SMILES string of the molecule is CCS(=O)(=O)Nc1ccc([N+](=O)[O-])cc1OC1CCCCC1. The molecule has 0 heterocycles. The van der Waals surface area contributed by atoms with E-state index in [2.05, 4.69) is 4.72 Å². The molecule has 0 saturated heterocycles. The van der Waals surface area contributed by atoms with Gasteiger partial charge in [-0.2, -0.15) is 0 Å². The van der Waals surface area contributed by atoms with Crippen molar-refractivity contribution in [2.45, 2.75) is 45.1 Å². The van der Waals surface area contributed by atoms with Crippen molar-refractivity contribution in [2.75, 3.05) is 10.5 Å². The lowest BCUT2D eigenvalue weighted by molar-refractivity contribution is -0.384. The number of nitrogens with zero attached hydrogens (tertiary/aromatic N) is 1. The van der Waals surface area contributed by atoms with Gasteiger partial charge < -0.3 is 4.74 Å². The Morgan fingerprint density at radius 3 is 2.59 bits per heavy atom. The molecule has 1 aliphatic rings. The molecule has 122 valence electrons. The second-order valence-electron chi connectivity index (χ2n) is 5.32. The third kappa shape index (κ3) is 4.33. The minimum absolute atomic E-state index is 0.0272. The molecule has 0 aliphatic heterocycles. The van der Waals surface area contributed by atoms with Gasteiger partial charge in [-0.15, -0.1) is 0 Å². The number of hydrogen-bond acceptors (Lipinski definition) is 5. The molecule has 22 heavy (non-hydrogen) atoms. The van der Waals surface area contributed by atoms with Gasteiger partial charge >= 0.3 is 0 Å². The Hall–Kier alpha value is -1.83. The first-order valence-electron chi connectivity index (χ1n) is 7.37. The van der Waals surface area contributed by atoms with E-state index in [4.69, 9.17) is 4.74 Å². The predicted octanol–water partition coefficient (Wildman–Crippen LogP) is 3.07. The van der Waals surface area contributed by atoms with Gasteiger partial charge in [0.05, 0.1) is 28.5 Å². The second-order valence-corrected chi connectivity index (χ2v) is 7.33. The minimum Gasteiger partial charge on any atom is -0.488 e. The first-order valence-corrected chi connectivity index (χ1v) is 9.02. The summed E-state index contributed by atoms with van der Waals surface area (Å²) in [6.45, 7) is 1.52. The van der Waals surface area contributed by atoms with E-state index < -0.39 is 14.9 Å². The zero-order valence-electron chi connectivity index (χ0n) is 12.4. The largest absolute Gasteiger partial charge is 0.488 e. The molecule has 1 aromatic rings. The molecule has 0 atom stereocenters. The molecule has 1 fully saturated rings. The Bertz CT molecular complexity index is 639. The highest BCUT2D eigenvalue weighted by atomic mass is 32.2. The summed E-state index contributed by atoms with van der Waals surface area (Å²) in [6, 6.07) is 3.92. The number of benzene rings is 1. The summed E-state index contributed by atoms with van der Waals surface area (Å²) in [6.07, 6.45) is 4.99. The predicted molar refractivity (Wildman–Crippen MR) is 83.7 cm³/mol. The summed E-state index contributed by atoms with van der Waals surface area (Å²) in [4.78, 5) is 10.4. The van der Waals surface area contributed by atoms with Crippen molar-refractivity contribution in [3.8, 4) is 5.75 Å². The van der Waals surface area contributed by atoms with E-state index in [-0.39, 0.29) is 29.0 Å². The molecule has 1 aromatic carbocycles. The maximum absolute atomic E-state index is 11.7. The van der Waals surface area contributed by atoms with Crippen LogP contribution in [0.5, 0.6) is 5.75 Å². The Balaban J connectivity index is 2.28. The van der Waals surface area contributed by atoms with Crippen molar-refractivity contribution in [1.29, 1.82) is 0 Å². The number of anilines is 1. The fourth-order valence-corrected chi connectivity index (χ4v) is 3.06. The van der Waals surface area contributed by atoms with Gasteiger partial charge in [0.2, 0.25) is 10.0 Å². The van der Waals surface area contributed by atoms with Crippen LogP contribution in [0.25, 0.3) is 0 Å². The topological polar surface area (TPSA) is 98.5 Å². The summed E-state index contributed by atoms with van der Waals surface area (Å²) in [5.41, 5.74) is 0.128. The molecule has 0 amide bonds. The van der Waals surface area contributed by atoms with Crippen LogP contribution in [0.3, 0.4) is 0 Å². The first-order chi connectivity index (χ1) is 10.4. The van der Waals surface area contributed by atoms with Crippen molar-refractivity contribution >= 4 is 21.4 Å². The summed E-state index contributed by atoms with van der Waals surface area (Å²) < 4.78 is 31.7. The number of ether oxygens (including phenoxy) is 1. The number of sulfonamides is 1. The van der Waals surface area contributed by atoms with E-state index in [1.807, 2.05) is 0 Å². The molecule has 0 bridgehead atoms. The lowest BCUT2D eigenvalue weighted by atomic mass is 9.98. The number of nitrogens with one attached hydrogen (secondary N) is 1. The van der Waals surface area contributed by atoms with Crippen molar-refractivity contribution in [1.82, 2.24) is 0 Å². The molecule has 0 spiro atoms. The van der Waals surface area contributed by atoms with Crippen LogP contribution in [-0.2, 0) is 10.0 Å². The van der Waals surface area contributed by atoms with Crippen LogP contribution in [0.1, 0.15) is 39.0 Å². The normalized spacial score (nSPS) is 16.2. The monoisotopic (exact) mass is 328 g/mol. The molecule has 1 N–H and O–H groups in total. The average Bonchev–Trinajstić information content (AvgIpc) is 2.49. The van der Waals surface area contributed by atoms with Crippen molar-refractivity contribution in [3.05, 3.63) is 28.3 Å². The molecule has 1 saturated carbocycles. The smallest absolute Gasteiger partial charge is 0.273 e. The van der Waals surface area contributed by atoms with E-state index in [0.29, 0.717) is 0 Å². The molecule has 1 aliphatic carbocycles. The summed E-state index contributed by atoms with van der Waals surface area (Å²) in [5, 5.41) is 10.9. The van der Waals surface area contributed by atoms with E-state index in [1.54, 1.807) is 0 Å².